The van der Waals surface area contributed by atoms with Gasteiger partial charge in [-0.05, 0) is 69.1 Å². The van der Waals surface area contributed by atoms with Crippen LogP contribution in [0.2, 0.25) is 0 Å². The van der Waals surface area contributed by atoms with Gasteiger partial charge >= 0.3 is 12.0 Å². The van der Waals surface area contributed by atoms with Crippen LogP contribution < -0.4 is 10.6 Å². The van der Waals surface area contributed by atoms with E-state index in [1.165, 1.54) is 19.3 Å². The van der Waals surface area contributed by atoms with E-state index < -0.39 is 11.9 Å². The normalized spacial score (nSPS) is 37.1. The monoisotopic (exact) mass is 377 g/mol. The van der Waals surface area contributed by atoms with Crippen molar-refractivity contribution in [1.29, 1.82) is 0 Å². The average Bonchev–Trinajstić information content (AvgIpc) is 2.60. The highest BCUT2D eigenvalue weighted by Gasteiger charge is 2.51. The van der Waals surface area contributed by atoms with E-state index in [0.717, 1.165) is 43.4 Å². The molecule has 0 aromatic rings. The Kier molecular flexibility index (Phi) is 5.03. The molecule has 150 valence electrons. The third kappa shape index (κ3) is 4.06. The first kappa shape index (κ1) is 18.6. The number of nitrogens with one attached hydrogen (secondary N) is 2. The molecule has 0 radical (unpaired) electrons. The summed E-state index contributed by atoms with van der Waals surface area (Å²) in [6, 6.07) is -0.160. The van der Waals surface area contributed by atoms with Gasteiger partial charge in [-0.3, -0.25) is 9.59 Å². The van der Waals surface area contributed by atoms with Gasteiger partial charge in [0.05, 0.1) is 5.92 Å². The Morgan fingerprint density at radius 2 is 1.67 bits per heavy atom. The van der Waals surface area contributed by atoms with E-state index in [1.807, 2.05) is 0 Å². The molecule has 0 aromatic carbocycles. The minimum absolute atomic E-state index is 0.0234. The van der Waals surface area contributed by atoms with Crippen molar-refractivity contribution in [3.63, 3.8) is 0 Å². The second-order valence-corrected chi connectivity index (χ2v) is 9.35. The molecule has 4 bridgehead atoms. The van der Waals surface area contributed by atoms with E-state index >= 15 is 0 Å². The molecule has 7 heteroatoms. The highest BCUT2D eigenvalue weighted by Crippen LogP contribution is 2.55. The van der Waals surface area contributed by atoms with Crippen LogP contribution in [0, 0.1) is 23.7 Å². The number of likely N-dealkylation sites (tertiary alicyclic amines) is 1. The zero-order valence-electron chi connectivity index (χ0n) is 15.9. The Labute approximate surface area is 160 Å². The number of carbonyl (C=O) groups excluding carboxylic acids is 2. The van der Waals surface area contributed by atoms with E-state index in [2.05, 4.69) is 10.6 Å². The number of aliphatic carboxylic acids is 1. The third-order valence-electron chi connectivity index (χ3n) is 7.16. The summed E-state index contributed by atoms with van der Waals surface area (Å²) in [6.07, 6.45) is 8.91. The Morgan fingerprint density at radius 1 is 1.04 bits per heavy atom. The summed E-state index contributed by atoms with van der Waals surface area (Å²) in [4.78, 5) is 37.5. The van der Waals surface area contributed by atoms with Crippen molar-refractivity contribution in [2.24, 2.45) is 23.7 Å². The van der Waals surface area contributed by atoms with Gasteiger partial charge in [0.2, 0.25) is 5.91 Å². The smallest absolute Gasteiger partial charge is 0.315 e. The summed E-state index contributed by atoms with van der Waals surface area (Å²) in [5.74, 6) is 0.963. The van der Waals surface area contributed by atoms with Crippen LogP contribution in [0.1, 0.15) is 57.8 Å². The number of rotatable bonds is 5. The van der Waals surface area contributed by atoms with Gasteiger partial charge in [0.25, 0.3) is 0 Å². The molecule has 1 saturated heterocycles. The fourth-order valence-electron chi connectivity index (χ4n) is 6.40. The molecule has 5 rings (SSSR count). The number of hydrogen-bond acceptors (Lipinski definition) is 3. The third-order valence-corrected chi connectivity index (χ3v) is 7.16. The number of hydrogen-bond donors (Lipinski definition) is 3. The lowest BCUT2D eigenvalue weighted by molar-refractivity contribution is -0.145. The summed E-state index contributed by atoms with van der Waals surface area (Å²) in [6.45, 7) is 1.20. The molecule has 3 amide bonds. The summed E-state index contributed by atoms with van der Waals surface area (Å²) < 4.78 is 0. The summed E-state index contributed by atoms with van der Waals surface area (Å²) in [5.41, 5.74) is -0.0234. The number of urea groups is 1. The largest absolute Gasteiger partial charge is 0.481 e. The lowest BCUT2D eigenvalue weighted by Gasteiger charge is -2.56. The first-order chi connectivity index (χ1) is 12.9. The van der Waals surface area contributed by atoms with Crippen molar-refractivity contribution in [1.82, 2.24) is 15.5 Å². The maximum Gasteiger partial charge on any atom is 0.315 e. The van der Waals surface area contributed by atoms with E-state index in [1.54, 1.807) is 4.90 Å². The van der Waals surface area contributed by atoms with Crippen LogP contribution in [0.3, 0.4) is 0 Å². The maximum absolute atomic E-state index is 12.4. The van der Waals surface area contributed by atoms with E-state index in [-0.39, 0.29) is 30.4 Å². The van der Waals surface area contributed by atoms with Crippen LogP contribution in [0.5, 0.6) is 0 Å². The van der Waals surface area contributed by atoms with Gasteiger partial charge in [0, 0.05) is 31.6 Å². The van der Waals surface area contributed by atoms with Crippen molar-refractivity contribution in [3.8, 4) is 0 Å². The lowest BCUT2D eigenvalue weighted by Crippen LogP contribution is -2.61. The molecule has 0 spiro atoms. The topological polar surface area (TPSA) is 98.7 Å². The van der Waals surface area contributed by atoms with Gasteiger partial charge in [-0.25, -0.2) is 4.79 Å². The Balaban J connectivity index is 1.21. The second kappa shape index (κ2) is 7.32. The molecular weight excluding hydrogens is 346 g/mol. The second-order valence-electron chi connectivity index (χ2n) is 9.35. The molecule has 27 heavy (non-hydrogen) atoms. The number of nitrogens with zero attached hydrogens (tertiary/aromatic N) is 1. The molecule has 1 atom stereocenters. The predicted octanol–water partition coefficient (Wildman–Crippen LogP) is 1.97. The molecule has 3 N–H and O–H groups in total. The summed E-state index contributed by atoms with van der Waals surface area (Å²) >= 11 is 0. The molecule has 1 unspecified atom stereocenters. The molecule has 1 heterocycles. The van der Waals surface area contributed by atoms with E-state index in [4.69, 9.17) is 5.11 Å². The minimum atomic E-state index is -0.833. The van der Waals surface area contributed by atoms with Crippen LogP contribution in [0.15, 0.2) is 0 Å². The molecule has 7 nitrogen and oxygen atoms in total. The van der Waals surface area contributed by atoms with Crippen LogP contribution in [0.4, 0.5) is 4.79 Å². The lowest BCUT2D eigenvalue weighted by atomic mass is 9.53. The zero-order chi connectivity index (χ0) is 19.0. The van der Waals surface area contributed by atoms with Gasteiger partial charge in [0.15, 0.2) is 0 Å². The van der Waals surface area contributed by atoms with Gasteiger partial charge in [0.1, 0.15) is 0 Å². The van der Waals surface area contributed by atoms with Gasteiger partial charge in [-0.2, -0.15) is 0 Å². The number of carbonyl (C=O) groups is 3. The first-order valence-electron chi connectivity index (χ1n) is 10.5. The minimum Gasteiger partial charge on any atom is -0.481 e. The average molecular weight is 377 g/mol. The summed E-state index contributed by atoms with van der Waals surface area (Å²) in [7, 11) is 0. The molecule has 1 aliphatic heterocycles. The number of carboxylic acids is 1. The Morgan fingerprint density at radius 3 is 2.26 bits per heavy atom. The molecule has 5 fully saturated rings. The highest BCUT2D eigenvalue weighted by atomic mass is 16.4. The SMILES string of the molecule is O=C(NCCC(=O)N1CCCC(C(=O)O)C1)NC12CC3CC(CC(C3)C1)C2. The standard InChI is InChI=1S/C20H31N3O4/c24-17(23-5-1-2-16(12-23)18(25)26)3-4-21-19(27)22-20-9-13-6-14(10-20)8-15(7-13)11-20/h13-16H,1-12H2,(H,25,26)(H2,21,22,27). The van der Waals surface area contributed by atoms with Gasteiger partial charge in [-0.15, -0.1) is 0 Å². The first-order valence-corrected chi connectivity index (χ1v) is 10.5. The van der Waals surface area contributed by atoms with Crippen molar-refractivity contribution >= 4 is 17.9 Å². The van der Waals surface area contributed by atoms with Crippen molar-refractivity contribution in [3.05, 3.63) is 0 Å². The van der Waals surface area contributed by atoms with E-state index in [0.29, 0.717) is 19.5 Å². The van der Waals surface area contributed by atoms with Crippen LogP contribution in [-0.2, 0) is 9.59 Å². The van der Waals surface area contributed by atoms with Crippen LogP contribution >= 0.6 is 0 Å². The van der Waals surface area contributed by atoms with Crippen LogP contribution in [-0.4, -0.2) is 53.1 Å². The molecular formula is C20H31N3O4. The molecule has 5 aliphatic rings. The van der Waals surface area contributed by atoms with Crippen molar-refractivity contribution in [2.75, 3.05) is 19.6 Å². The van der Waals surface area contributed by atoms with Crippen molar-refractivity contribution < 1.29 is 19.5 Å². The number of amides is 3. The van der Waals surface area contributed by atoms with E-state index in [9.17, 15) is 14.4 Å². The van der Waals surface area contributed by atoms with Gasteiger partial charge < -0.3 is 20.6 Å². The fourth-order valence-corrected chi connectivity index (χ4v) is 6.40. The Bertz CT molecular complexity index is 585. The summed E-state index contributed by atoms with van der Waals surface area (Å²) in [5, 5.41) is 15.2. The van der Waals surface area contributed by atoms with Crippen molar-refractivity contribution in [2.45, 2.75) is 63.3 Å². The van der Waals surface area contributed by atoms with Gasteiger partial charge in [-0.1, -0.05) is 0 Å². The molecule has 4 aliphatic carbocycles. The quantitative estimate of drug-likeness (QED) is 0.682. The molecule has 0 aromatic heterocycles. The predicted molar refractivity (Wildman–Crippen MR) is 99.0 cm³/mol. The number of carboxylic acid groups (broad SMARTS) is 1. The fraction of sp³-hybridized carbons (Fsp3) is 0.850. The van der Waals surface area contributed by atoms with Crippen LogP contribution in [0.25, 0.3) is 0 Å². The highest BCUT2D eigenvalue weighted by molar-refractivity contribution is 5.79. The Hall–Kier alpha value is -1.79. The number of piperidine rings is 1. The zero-order valence-corrected chi connectivity index (χ0v) is 15.9. The maximum atomic E-state index is 12.4. The molecule has 4 saturated carbocycles.